The normalized spacial score (nSPS) is 10.5. The van der Waals surface area contributed by atoms with Crippen LogP contribution in [0, 0.1) is 6.92 Å². The third-order valence-electron chi connectivity index (χ3n) is 3.46. The Morgan fingerprint density at radius 2 is 1.78 bits per heavy atom. The molecule has 0 aliphatic carbocycles. The van der Waals surface area contributed by atoms with E-state index in [-0.39, 0.29) is 11.7 Å². The fourth-order valence-electron chi connectivity index (χ4n) is 2.25. The fraction of sp³-hybridized carbons (Fsp3) is 0.111. The number of rotatable bonds is 3. The molecule has 5 nitrogen and oxygen atoms in total. The summed E-state index contributed by atoms with van der Waals surface area (Å²) >= 11 is 0. The summed E-state index contributed by atoms with van der Waals surface area (Å²) in [5.74, 6) is -0.525. The van der Waals surface area contributed by atoms with Gasteiger partial charge in [0.1, 0.15) is 5.58 Å². The van der Waals surface area contributed by atoms with Crippen LogP contribution in [-0.2, 0) is 4.74 Å². The minimum absolute atomic E-state index is 0.239. The highest BCUT2D eigenvalue weighted by Crippen LogP contribution is 2.21. The molecule has 0 aliphatic rings. The highest BCUT2D eigenvalue weighted by Gasteiger charge is 2.13. The Kier molecular flexibility index (Phi) is 3.85. The molecule has 3 aromatic rings. The average Bonchev–Trinajstić information content (AvgIpc) is 2.98. The number of hydrogen-bond donors (Lipinski definition) is 1. The van der Waals surface area contributed by atoms with Gasteiger partial charge >= 0.3 is 5.97 Å². The maximum atomic E-state index is 12.2. The molecule has 1 aromatic heterocycles. The molecule has 0 aliphatic heterocycles. The van der Waals surface area contributed by atoms with Crippen LogP contribution < -0.4 is 5.32 Å². The zero-order valence-electron chi connectivity index (χ0n) is 12.8. The highest BCUT2D eigenvalue weighted by molar-refractivity contribution is 6.04. The summed E-state index contributed by atoms with van der Waals surface area (Å²) in [6.07, 6.45) is 0. The smallest absolute Gasteiger partial charge is 0.337 e. The molecular formula is C18H15NO4. The number of hydrogen-bond acceptors (Lipinski definition) is 4. The Morgan fingerprint density at radius 3 is 2.48 bits per heavy atom. The second kappa shape index (κ2) is 5.96. The van der Waals surface area contributed by atoms with Gasteiger partial charge in [-0.3, -0.25) is 4.79 Å². The zero-order valence-corrected chi connectivity index (χ0v) is 12.8. The van der Waals surface area contributed by atoms with E-state index in [1.54, 1.807) is 30.3 Å². The molecule has 0 fully saturated rings. The van der Waals surface area contributed by atoms with E-state index >= 15 is 0 Å². The lowest BCUT2D eigenvalue weighted by molar-refractivity contribution is 0.0600. The molecule has 0 unspecified atom stereocenters. The van der Waals surface area contributed by atoms with E-state index in [4.69, 9.17) is 4.42 Å². The van der Waals surface area contributed by atoms with E-state index in [9.17, 15) is 9.59 Å². The van der Waals surface area contributed by atoms with Crippen molar-refractivity contribution in [2.45, 2.75) is 6.92 Å². The summed E-state index contributed by atoms with van der Waals surface area (Å²) in [6, 6.07) is 13.9. The number of furan rings is 1. The van der Waals surface area contributed by atoms with Crippen LogP contribution in [0.2, 0.25) is 0 Å². The first-order valence-corrected chi connectivity index (χ1v) is 7.07. The molecule has 0 saturated heterocycles. The number of anilines is 1. The molecule has 1 N–H and O–H groups in total. The van der Waals surface area contributed by atoms with Crippen molar-refractivity contribution in [2.24, 2.45) is 0 Å². The van der Waals surface area contributed by atoms with Gasteiger partial charge in [-0.05, 0) is 48.9 Å². The average molecular weight is 309 g/mol. The standard InChI is InChI=1S/C18H15NO4/c1-11-3-4-13-10-16(23-15(13)9-11)17(20)19-14-7-5-12(6-8-14)18(21)22-2/h3-10H,1-2H3,(H,19,20). The summed E-state index contributed by atoms with van der Waals surface area (Å²) in [5, 5.41) is 3.61. The summed E-state index contributed by atoms with van der Waals surface area (Å²) in [5.41, 5.74) is 2.73. The van der Waals surface area contributed by atoms with Crippen molar-refractivity contribution < 1.29 is 18.7 Å². The van der Waals surface area contributed by atoms with Gasteiger partial charge in [-0.15, -0.1) is 0 Å². The maximum absolute atomic E-state index is 12.2. The second-order valence-corrected chi connectivity index (χ2v) is 5.17. The van der Waals surface area contributed by atoms with Crippen LogP contribution in [0.25, 0.3) is 11.0 Å². The van der Waals surface area contributed by atoms with Gasteiger partial charge in [-0.2, -0.15) is 0 Å². The molecule has 3 rings (SSSR count). The van der Waals surface area contributed by atoms with Crippen LogP contribution in [0.4, 0.5) is 5.69 Å². The Bertz CT molecular complexity index is 878. The van der Waals surface area contributed by atoms with Crippen molar-refractivity contribution in [3.63, 3.8) is 0 Å². The minimum Gasteiger partial charge on any atom is -0.465 e. The third kappa shape index (κ3) is 3.08. The number of aryl methyl sites for hydroxylation is 1. The van der Waals surface area contributed by atoms with Crippen molar-refractivity contribution in [1.29, 1.82) is 0 Å². The van der Waals surface area contributed by atoms with E-state index in [0.29, 0.717) is 16.8 Å². The lowest BCUT2D eigenvalue weighted by Crippen LogP contribution is -2.11. The van der Waals surface area contributed by atoms with E-state index in [2.05, 4.69) is 10.1 Å². The van der Waals surface area contributed by atoms with Crippen LogP contribution in [0.1, 0.15) is 26.5 Å². The predicted octanol–water partition coefficient (Wildman–Crippen LogP) is 3.78. The largest absolute Gasteiger partial charge is 0.465 e. The Labute approximate surface area is 132 Å². The van der Waals surface area contributed by atoms with Crippen LogP contribution >= 0.6 is 0 Å². The number of amides is 1. The van der Waals surface area contributed by atoms with Gasteiger partial charge in [-0.25, -0.2) is 4.79 Å². The van der Waals surface area contributed by atoms with Gasteiger partial charge in [0.2, 0.25) is 0 Å². The van der Waals surface area contributed by atoms with Crippen LogP contribution in [0.5, 0.6) is 0 Å². The molecule has 2 aromatic carbocycles. The minimum atomic E-state index is -0.421. The predicted molar refractivity (Wildman–Crippen MR) is 86.7 cm³/mol. The first-order chi connectivity index (χ1) is 11.1. The molecule has 0 radical (unpaired) electrons. The lowest BCUT2D eigenvalue weighted by Gasteiger charge is -2.04. The number of benzene rings is 2. The van der Waals surface area contributed by atoms with Crippen LogP contribution in [0.3, 0.4) is 0 Å². The number of esters is 1. The Morgan fingerprint density at radius 1 is 1.04 bits per heavy atom. The van der Waals surface area contributed by atoms with E-state index < -0.39 is 5.97 Å². The molecule has 23 heavy (non-hydrogen) atoms. The summed E-state index contributed by atoms with van der Waals surface area (Å²) in [4.78, 5) is 23.6. The quantitative estimate of drug-likeness (QED) is 0.748. The zero-order chi connectivity index (χ0) is 16.4. The fourth-order valence-corrected chi connectivity index (χ4v) is 2.25. The number of fused-ring (bicyclic) bond motifs is 1. The summed E-state index contributed by atoms with van der Waals surface area (Å²) in [7, 11) is 1.32. The molecule has 0 saturated carbocycles. The van der Waals surface area contributed by atoms with Crippen molar-refractivity contribution in [3.8, 4) is 0 Å². The summed E-state index contributed by atoms with van der Waals surface area (Å²) in [6.45, 7) is 1.96. The number of nitrogens with one attached hydrogen (secondary N) is 1. The molecule has 0 atom stereocenters. The second-order valence-electron chi connectivity index (χ2n) is 5.17. The molecular weight excluding hydrogens is 294 g/mol. The molecule has 1 heterocycles. The van der Waals surface area contributed by atoms with Crippen LogP contribution in [0.15, 0.2) is 52.9 Å². The number of carbonyl (C=O) groups is 2. The molecule has 0 spiro atoms. The number of carbonyl (C=O) groups excluding carboxylic acids is 2. The Balaban J connectivity index is 1.78. The number of ether oxygens (including phenoxy) is 1. The van der Waals surface area contributed by atoms with Crippen molar-refractivity contribution >= 4 is 28.5 Å². The van der Waals surface area contributed by atoms with Gasteiger partial charge < -0.3 is 14.5 Å². The van der Waals surface area contributed by atoms with Gasteiger partial charge in [0.05, 0.1) is 12.7 Å². The molecule has 5 heteroatoms. The molecule has 1 amide bonds. The lowest BCUT2D eigenvalue weighted by atomic mass is 10.2. The van der Waals surface area contributed by atoms with Gasteiger partial charge in [-0.1, -0.05) is 12.1 Å². The van der Waals surface area contributed by atoms with E-state index in [1.165, 1.54) is 7.11 Å². The van der Waals surface area contributed by atoms with Gasteiger partial charge in [0, 0.05) is 11.1 Å². The topological polar surface area (TPSA) is 68.5 Å². The number of methoxy groups -OCH3 is 1. The van der Waals surface area contributed by atoms with Crippen molar-refractivity contribution in [2.75, 3.05) is 12.4 Å². The summed E-state index contributed by atoms with van der Waals surface area (Å²) < 4.78 is 10.2. The van der Waals surface area contributed by atoms with Gasteiger partial charge in [0.25, 0.3) is 5.91 Å². The van der Waals surface area contributed by atoms with Crippen LogP contribution in [-0.4, -0.2) is 19.0 Å². The Hall–Kier alpha value is -3.08. The van der Waals surface area contributed by atoms with E-state index in [0.717, 1.165) is 10.9 Å². The monoisotopic (exact) mass is 309 g/mol. The molecule has 0 bridgehead atoms. The molecule has 116 valence electrons. The first kappa shape index (κ1) is 14.8. The highest BCUT2D eigenvalue weighted by atomic mass is 16.5. The van der Waals surface area contributed by atoms with E-state index in [1.807, 2.05) is 25.1 Å². The SMILES string of the molecule is COC(=O)c1ccc(NC(=O)c2cc3ccc(C)cc3o2)cc1. The van der Waals surface area contributed by atoms with Gasteiger partial charge in [0.15, 0.2) is 5.76 Å². The third-order valence-corrected chi connectivity index (χ3v) is 3.46. The van der Waals surface area contributed by atoms with Crippen molar-refractivity contribution in [3.05, 3.63) is 65.4 Å². The first-order valence-electron chi connectivity index (χ1n) is 7.07. The maximum Gasteiger partial charge on any atom is 0.337 e. The van der Waals surface area contributed by atoms with Crippen molar-refractivity contribution in [1.82, 2.24) is 0 Å².